The van der Waals surface area contributed by atoms with Crippen LogP contribution >= 0.6 is 0 Å². The number of carbonyl (C=O) groups is 1. The van der Waals surface area contributed by atoms with E-state index in [1.807, 2.05) is 18.2 Å². The van der Waals surface area contributed by atoms with Crippen LogP contribution in [0.5, 0.6) is 0 Å². The average molecular weight is 234 g/mol. The van der Waals surface area contributed by atoms with Crippen molar-refractivity contribution in [1.82, 2.24) is 0 Å². The van der Waals surface area contributed by atoms with Crippen LogP contribution in [0.1, 0.15) is 19.4 Å². The van der Waals surface area contributed by atoms with Crippen LogP contribution < -0.4 is 0 Å². The number of ether oxygens (including phenoxy) is 2. The minimum absolute atomic E-state index is 0.248. The molecule has 0 saturated carbocycles. The fraction of sp³-hybridized carbons (Fsp3) is 0.308. The number of hydrogen-bond donors (Lipinski definition) is 1. The zero-order valence-corrected chi connectivity index (χ0v) is 9.77. The molecule has 1 aliphatic heterocycles. The monoisotopic (exact) mass is 234 g/mol. The number of rotatable bonds is 2. The van der Waals surface area contributed by atoms with Crippen molar-refractivity contribution in [2.45, 2.75) is 19.6 Å². The number of cyclic esters (lactones) is 1. The van der Waals surface area contributed by atoms with Crippen LogP contribution in [0.15, 0.2) is 36.1 Å². The van der Waals surface area contributed by atoms with Crippen LogP contribution in [0, 0.1) is 0 Å². The van der Waals surface area contributed by atoms with E-state index in [0.29, 0.717) is 5.56 Å². The minimum Gasteiger partial charge on any atom is -0.454 e. The summed E-state index contributed by atoms with van der Waals surface area (Å²) < 4.78 is 10.6. The second-order valence-corrected chi connectivity index (χ2v) is 4.21. The van der Waals surface area contributed by atoms with Crippen molar-refractivity contribution in [2.75, 3.05) is 6.61 Å². The van der Waals surface area contributed by atoms with E-state index in [1.54, 1.807) is 26.0 Å². The van der Waals surface area contributed by atoms with E-state index < -0.39 is 11.8 Å². The van der Waals surface area contributed by atoms with E-state index >= 15 is 0 Å². The van der Waals surface area contributed by atoms with Crippen LogP contribution in [-0.2, 0) is 14.3 Å². The Morgan fingerprint density at radius 1 is 1.18 bits per heavy atom. The van der Waals surface area contributed by atoms with Crippen molar-refractivity contribution in [3.05, 3.63) is 41.7 Å². The van der Waals surface area contributed by atoms with Crippen LogP contribution in [0.3, 0.4) is 0 Å². The maximum Gasteiger partial charge on any atom is 0.345 e. The Morgan fingerprint density at radius 2 is 1.82 bits per heavy atom. The fourth-order valence-electron chi connectivity index (χ4n) is 1.75. The molecule has 0 bridgehead atoms. The molecule has 0 spiro atoms. The van der Waals surface area contributed by atoms with Crippen molar-refractivity contribution in [1.29, 1.82) is 0 Å². The highest BCUT2D eigenvalue weighted by molar-refractivity contribution is 6.17. The maximum atomic E-state index is 11.9. The molecule has 0 fully saturated rings. The molecule has 1 aromatic carbocycles. The molecule has 0 aromatic heterocycles. The van der Waals surface area contributed by atoms with Crippen molar-refractivity contribution in [3.8, 4) is 0 Å². The van der Waals surface area contributed by atoms with E-state index in [2.05, 4.69) is 0 Å². The first kappa shape index (κ1) is 11.7. The number of carbonyl (C=O) groups excluding carboxylic acids is 1. The SMILES string of the molecule is CC1(C)OC(=O)C(c2ccccc2)=C(CO)O1. The number of benzene rings is 1. The van der Waals surface area contributed by atoms with Gasteiger partial charge in [-0.15, -0.1) is 0 Å². The molecule has 2 rings (SSSR count). The number of aliphatic hydroxyl groups excluding tert-OH is 1. The Morgan fingerprint density at radius 3 is 2.41 bits per heavy atom. The normalized spacial score (nSPS) is 18.6. The Labute approximate surface area is 99.5 Å². The zero-order chi connectivity index (χ0) is 12.5. The molecule has 1 N–H and O–H groups in total. The van der Waals surface area contributed by atoms with Gasteiger partial charge in [-0.05, 0) is 5.56 Å². The Balaban J connectivity index is 2.49. The largest absolute Gasteiger partial charge is 0.454 e. The minimum atomic E-state index is -1.03. The smallest absolute Gasteiger partial charge is 0.345 e. The second kappa shape index (κ2) is 4.22. The van der Waals surface area contributed by atoms with Crippen molar-refractivity contribution < 1.29 is 19.4 Å². The molecule has 0 unspecified atom stereocenters. The molecule has 0 saturated heterocycles. The van der Waals surface area contributed by atoms with E-state index in [0.717, 1.165) is 0 Å². The van der Waals surface area contributed by atoms with Gasteiger partial charge in [0.25, 0.3) is 0 Å². The van der Waals surface area contributed by atoms with Crippen LogP contribution in [0.25, 0.3) is 5.57 Å². The van der Waals surface area contributed by atoms with Gasteiger partial charge in [0.15, 0.2) is 0 Å². The summed E-state index contributed by atoms with van der Waals surface area (Å²) in [5.74, 6) is -1.26. The molecular weight excluding hydrogens is 220 g/mol. The topological polar surface area (TPSA) is 55.8 Å². The highest BCUT2D eigenvalue weighted by Gasteiger charge is 2.36. The molecule has 1 aromatic rings. The van der Waals surface area contributed by atoms with Gasteiger partial charge < -0.3 is 14.6 Å². The second-order valence-electron chi connectivity index (χ2n) is 4.21. The molecule has 0 radical (unpaired) electrons. The molecular formula is C13H14O4. The third-order valence-corrected chi connectivity index (χ3v) is 2.40. The summed E-state index contributed by atoms with van der Waals surface area (Å²) >= 11 is 0. The summed E-state index contributed by atoms with van der Waals surface area (Å²) in [6, 6.07) is 9.01. The molecule has 1 heterocycles. The van der Waals surface area contributed by atoms with Gasteiger partial charge >= 0.3 is 5.97 Å². The van der Waals surface area contributed by atoms with Gasteiger partial charge in [-0.25, -0.2) is 4.79 Å². The van der Waals surface area contributed by atoms with Gasteiger partial charge in [-0.1, -0.05) is 30.3 Å². The summed E-state index contributed by atoms with van der Waals surface area (Å²) in [4.78, 5) is 11.9. The lowest BCUT2D eigenvalue weighted by atomic mass is 10.0. The van der Waals surface area contributed by atoms with Crippen LogP contribution in [0.2, 0.25) is 0 Å². The third-order valence-electron chi connectivity index (χ3n) is 2.40. The van der Waals surface area contributed by atoms with Crippen molar-refractivity contribution in [3.63, 3.8) is 0 Å². The van der Waals surface area contributed by atoms with E-state index in [-0.39, 0.29) is 17.9 Å². The lowest BCUT2D eigenvalue weighted by Gasteiger charge is -2.32. The van der Waals surface area contributed by atoms with Crippen LogP contribution in [0.4, 0.5) is 0 Å². The van der Waals surface area contributed by atoms with Gasteiger partial charge in [-0.2, -0.15) is 0 Å². The number of hydrogen-bond acceptors (Lipinski definition) is 4. The Bertz CT molecular complexity index is 460. The molecule has 4 nitrogen and oxygen atoms in total. The van der Waals surface area contributed by atoms with Crippen molar-refractivity contribution >= 4 is 11.5 Å². The Hall–Kier alpha value is -1.81. The standard InChI is InChI=1S/C13H14O4/c1-13(2)16-10(8-14)11(12(15)17-13)9-6-4-3-5-7-9/h3-7,14H,8H2,1-2H3. The summed E-state index contributed by atoms with van der Waals surface area (Å²) in [7, 11) is 0. The number of aliphatic hydroxyl groups is 1. The first-order valence-electron chi connectivity index (χ1n) is 5.35. The highest BCUT2D eigenvalue weighted by Crippen LogP contribution is 2.31. The first-order chi connectivity index (χ1) is 8.03. The van der Waals surface area contributed by atoms with E-state index in [9.17, 15) is 9.90 Å². The Kier molecular flexibility index (Phi) is 2.90. The first-order valence-corrected chi connectivity index (χ1v) is 5.35. The maximum absolute atomic E-state index is 11.9. The summed E-state index contributed by atoms with van der Waals surface area (Å²) in [6.07, 6.45) is 0. The lowest BCUT2D eigenvalue weighted by molar-refractivity contribution is -0.204. The van der Waals surface area contributed by atoms with Gasteiger partial charge in [0, 0.05) is 13.8 Å². The van der Waals surface area contributed by atoms with E-state index in [4.69, 9.17) is 9.47 Å². The highest BCUT2D eigenvalue weighted by atomic mass is 16.7. The predicted octanol–water partition coefficient (Wildman–Crippen LogP) is 1.70. The molecule has 0 amide bonds. The van der Waals surface area contributed by atoms with E-state index in [1.165, 1.54) is 0 Å². The molecule has 4 heteroatoms. The predicted molar refractivity (Wildman–Crippen MR) is 61.7 cm³/mol. The lowest BCUT2D eigenvalue weighted by Crippen LogP contribution is -2.37. The van der Waals surface area contributed by atoms with Crippen molar-refractivity contribution in [2.24, 2.45) is 0 Å². The fourth-order valence-corrected chi connectivity index (χ4v) is 1.75. The molecule has 1 aliphatic rings. The molecule has 0 atom stereocenters. The van der Waals surface area contributed by atoms with Gasteiger partial charge in [0.2, 0.25) is 5.79 Å². The van der Waals surface area contributed by atoms with Gasteiger partial charge in [0.05, 0.1) is 0 Å². The summed E-state index contributed by atoms with van der Waals surface area (Å²) in [5.41, 5.74) is 0.962. The molecule has 17 heavy (non-hydrogen) atoms. The van der Waals surface area contributed by atoms with Crippen LogP contribution in [-0.4, -0.2) is 23.5 Å². The number of esters is 1. The summed E-state index contributed by atoms with van der Waals surface area (Å²) in [5, 5.41) is 9.28. The molecule has 90 valence electrons. The molecule has 0 aliphatic carbocycles. The summed E-state index contributed by atoms with van der Waals surface area (Å²) in [6.45, 7) is 2.92. The third kappa shape index (κ3) is 2.31. The quantitative estimate of drug-likeness (QED) is 0.791. The zero-order valence-electron chi connectivity index (χ0n) is 9.77. The van der Waals surface area contributed by atoms with Gasteiger partial charge in [-0.3, -0.25) is 0 Å². The average Bonchev–Trinajstić information content (AvgIpc) is 2.28. The van der Waals surface area contributed by atoms with Gasteiger partial charge in [0.1, 0.15) is 17.9 Å².